The Balaban J connectivity index is 2.10. The summed E-state index contributed by atoms with van der Waals surface area (Å²) in [7, 11) is 0. The average Bonchev–Trinajstić information content (AvgIpc) is 2.41. The predicted octanol–water partition coefficient (Wildman–Crippen LogP) is -1.37. The fraction of sp³-hybridized carbons (Fsp3) is 0.923. The van der Waals surface area contributed by atoms with E-state index in [1.165, 1.54) is 11.8 Å². The minimum Gasteiger partial charge on any atom is -0.388 e. The molecule has 0 radical (unpaired) electrons. The van der Waals surface area contributed by atoms with E-state index in [-0.39, 0.29) is 11.9 Å². The summed E-state index contributed by atoms with van der Waals surface area (Å²) in [4.78, 5) is 12.1. The van der Waals surface area contributed by atoms with Crippen LogP contribution >= 0.6 is 23.4 Å². The maximum atomic E-state index is 12.1. The third kappa shape index (κ3) is 3.69. The molecule has 9 heteroatoms. The summed E-state index contributed by atoms with van der Waals surface area (Å²) in [5.74, 6) is -0.208. The maximum absolute atomic E-state index is 12.1. The molecule has 0 bridgehead atoms. The molecule has 2 rings (SSSR count). The quantitative estimate of drug-likeness (QED) is 0.387. The molecule has 2 aliphatic heterocycles. The van der Waals surface area contributed by atoms with Crippen LogP contribution in [-0.4, -0.2) is 81.3 Å². The largest absolute Gasteiger partial charge is 0.388 e. The molecular weight excluding hydrogens is 332 g/mol. The maximum Gasteiger partial charge on any atom is 0.237 e. The van der Waals surface area contributed by atoms with Crippen LogP contribution in [-0.2, 0) is 9.53 Å². The second kappa shape index (κ2) is 7.65. The van der Waals surface area contributed by atoms with E-state index in [1.54, 1.807) is 13.2 Å². The molecule has 0 saturated carbocycles. The molecule has 8 atom stereocenters. The lowest BCUT2D eigenvalue weighted by Crippen LogP contribution is -2.66. The van der Waals surface area contributed by atoms with Gasteiger partial charge in [0.15, 0.2) is 0 Å². The Hall–Kier alpha value is -0.0900. The molecule has 7 nitrogen and oxygen atoms in total. The summed E-state index contributed by atoms with van der Waals surface area (Å²) in [6, 6.07) is -0.936. The molecule has 2 fully saturated rings. The fourth-order valence-corrected chi connectivity index (χ4v) is 3.49. The molecule has 2 heterocycles. The second-order valence-corrected chi connectivity index (χ2v) is 7.31. The van der Waals surface area contributed by atoms with E-state index in [2.05, 4.69) is 10.6 Å². The van der Waals surface area contributed by atoms with E-state index in [4.69, 9.17) is 16.3 Å². The molecule has 0 aromatic carbocycles. The molecule has 128 valence electrons. The van der Waals surface area contributed by atoms with E-state index >= 15 is 0 Å². The van der Waals surface area contributed by atoms with Crippen molar-refractivity contribution < 1.29 is 24.9 Å². The first kappa shape index (κ1) is 18.3. The smallest absolute Gasteiger partial charge is 0.237 e. The molecule has 22 heavy (non-hydrogen) atoms. The SMILES string of the molecule is CSC1OC(C(NC(=O)[C@@H]2CCN2)C(C)Cl)C(O)C(O)C1O. The van der Waals surface area contributed by atoms with Gasteiger partial charge in [-0.3, -0.25) is 4.79 Å². The Bertz CT molecular complexity index is 397. The van der Waals surface area contributed by atoms with Gasteiger partial charge in [-0.25, -0.2) is 0 Å². The van der Waals surface area contributed by atoms with Gasteiger partial charge in [0.05, 0.1) is 17.5 Å². The molecule has 0 aromatic rings. The van der Waals surface area contributed by atoms with Crippen molar-refractivity contribution in [2.45, 2.75) is 60.7 Å². The number of hydrogen-bond acceptors (Lipinski definition) is 7. The summed E-state index contributed by atoms with van der Waals surface area (Å²) in [5.41, 5.74) is -0.694. The number of ether oxygens (including phenoxy) is 1. The van der Waals surface area contributed by atoms with Crippen molar-refractivity contribution in [3.05, 3.63) is 0 Å². The van der Waals surface area contributed by atoms with Gasteiger partial charge in [0.1, 0.15) is 29.9 Å². The molecule has 2 aliphatic rings. The zero-order valence-electron chi connectivity index (χ0n) is 12.5. The monoisotopic (exact) mass is 354 g/mol. The van der Waals surface area contributed by atoms with Crippen molar-refractivity contribution in [1.82, 2.24) is 10.6 Å². The Morgan fingerprint density at radius 2 is 2.00 bits per heavy atom. The topological polar surface area (TPSA) is 111 Å². The fourth-order valence-electron chi connectivity index (χ4n) is 2.60. The summed E-state index contributed by atoms with van der Waals surface area (Å²) in [6.07, 6.45) is -2.31. The highest BCUT2D eigenvalue weighted by atomic mass is 35.5. The van der Waals surface area contributed by atoms with Crippen molar-refractivity contribution in [2.24, 2.45) is 0 Å². The average molecular weight is 355 g/mol. The van der Waals surface area contributed by atoms with E-state index in [9.17, 15) is 20.1 Å². The van der Waals surface area contributed by atoms with Crippen LogP contribution in [0.2, 0.25) is 0 Å². The van der Waals surface area contributed by atoms with E-state index in [1.807, 2.05) is 0 Å². The van der Waals surface area contributed by atoms with Crippen LogP contribution in [0, 0.1) is 0 Å². The van der Waals surface area contributed by atoms with Crippen LogP contribution in [0.1, 0.15) is 13.3 Å². The van der Waals surface area contributed by atoms with Gasteiger partial charge >= 0.3 is 0 Å². The van der Waals surface area contributed by atoms with Crippen molar-refractivity contribution in [2.75, 3.05) is 12.8 Å². The van der Waals surface area contributed by atoms with Crippen LogP contribution in [0.25, 0.3) is 0 Å². The lowest BCUT2D eigenvalue weighted by Gasteiger charge is -2.44. The van der Waals surface area contributed by atoms with Gasteiger partial charge < -0.3 is 30.7 Å². The van der Waals surface area contributed by atoms with Crippen LogP contribution < -0.4 is 10.6 Å². The number of carbonyl (C=O) groups is 1. The van der Waals surface area contributed by atoms with Gasteiger partial charge in [-0.2, -0.15) is 0 Å². The molecule has 1 amide bonds. The highest BCUT2D eigenvalue weighted by Gasteiger charge is 2.48. The minimum atomic E-state index is -1.35. The van der Waals surface area contributed by atoms with E-state index in [0.29, 0.717) is 0 Å². The number of rotatable bonds is 5. The number of hydrogen-bond donors (Lipinski definition) is 5. The minimum absolute atomic E-state index is 0.208. The van der Waals surface area contributed by atoms with E-state index < -0.39 is 41.3 Å². The van der Waals surface area contributed by atoms with Gasteiger partial charge in [-0.1, -0.05) is 0 Å². The van der Waals surface area contributed by atoms with Crippen LogP contribution in [0.15, 0.2) is 0 Å². The Morgan fingerprint density at radius 1 is 1.36 bits per heavy atom. The summed E-state index contributed by atoms with van der Waals surface area (Å²) in [5, 5.41) is 35.3. The molecule has 5 N–H and O–H groups in total. The van der Waals surface area contributed by atoms with Crippen molar-refractivity contribution in [3.63, 3.8) is 0 Å². The predicted molar refractivity (Wildman–Crippen MR) is 83.8 cm³/mol. The number of aliphatic hydroxyl groups is 3. The number of alkyl halides is 1. The first-order chi connectivity index (χ1) is 10.4. The number of aliphatic hydroxyl groups excluding tert-OH is 3. The highest BCUT2D eigenvalue weighted by molar-refractivity contribution is 7.99. The van der Waals surface area contributed by atoms with Crippen LogP contribution in [0.5, 0.6) is 0 Å². The molecule has 0 spiro atoms. The number of amides is 1. The first-order valence-corrected chi connectivity index (χ1v) is 8.99. The summed E-state index contributed by atoms with van der Waals surface area (Å²) < 4.78 is 5.67. The Morgan fingerprint density at radius 3 is 2.45 bits per heavy atom. The normalized spacial score (nSPS) is 41.4. The standard InChI is InChI=1S/C13H23ClN2O5S/c1-5(14)7(16-12(20)6-3-4-15-6)11-9(18)8(17)10(19)13(21-11)22-2/h5-11,13,15,17-19H,3-4H2,1-2H3,(H,16,20)/t5?,6-,7?,8?,9?,10?,11?,13?/m0/s1. The molecular formula is C13H23ClN2O5S. The van der Waals surface area contributed by atoms with Crippen molar-refractivity contribution in [1.29, 1.82) is 0 Å². The van der Waals surface area contributed by atoms with Gasteiger partial charge in [-0.05, 0) is 26.1 Å². The van der Waals surface area contributed by atoms with Crippen LogP contribution in [0.3, 0.4) is 0 Å². The molecule has 0 aromatic heterocycles. The Labute approximate surface area is 138 Å². The van der Waals surface area contributed by atoms with Crippen molar-refractivity contribution in [3.8, 4) is 0 Å². The van der Waals surface area contributed by atoms with Gasteiger partial charge in [0, 0.05) is 0 Å². The number of nitrogens with one attached hydrogen (secondary N) is 2. The first-order valence-electron chi connectivity index (χ1n) is 7.27. The zero-order valence-corrected chi connectivity index (χ0v) is 14.0. The second-order valence-electron chi connectivity index (χ2n) is 5.68. The number of thioether (sulfide) groups is 1. The number of carbonyl (C=O) groups excluding carboxylic acids is 1. The molecule has 2 saturated heterocycles. The van der Waals surface area contributed by atoms with Gasteiger partial charge in [0.25, 0.3) is 0 Å². The lowest BCUT2D eigenvalue weighted by atomic mass is 9.92. The number of halogens is 1. The summed E-state index contributed by atoms with van der Waals surface area (Å²) in [6.45, 7) is 2.48. The van der Waals surface area contributed by atoms with Gasteiger partial charge in [-0.15, -0.1) is 23.4 Å². The third-order valence-corrected chi connectivity index (χ3v) is 5.26. The van der Waals surface area contributed by atoms with E-state index in [0.717, 1.165) is 13.0 Å². The zero-order chi connectivity index (χ0) is 16.4. The molecule has 0 aliphatic carbocycles. The van der Waals surface area contributed by atoms with Gasteiger partial charge in [0.2, 0.25) is 5.91 Å². The van der Waals surface area contributed by atoms with Crippen LogP contribution in [0.4, 0.5) is 0 Å². The van der Waals surface area contributed by atoms with Crippen molar-refractivity contribution >= 4 is 29.3 Å². The molecule has 7 unspecified atom stereocenters. The lowest BCUT2D eigenvalue weighted by molar-refractivity contribution is -0.205. The summed E-state index contributed by atoms with van der Waals surface area (Å²) >= 11 is 7.37. The highest BCUT2D eigenvalue weighted by Crippen LogP contribution is 2.30. The third-order valence-electron chi connectivity index (χ3n) is 4.14. The Kier molecular flexibility index (Phi) is 6.35.